The van der Waals surface area contributed by atoms with Gasteiger partial charge in [-0.05, 0) is 115 Å². The normalized spacial score (nSPS) is 14.6. The molecule has 7 amide bonds. The molecule has 1 saturated heterocycles. The van der Waals surface area contributed by atoms with Crippen LogP contribution in [0.3, 0.4) is 0 Å². The van der Waals surface area contributed by atoms with Gasteiger partial charge >= 0.3 is 24.2 Å². The predicted octanol–water partition coefficient (Wildman–Crippen LogP) is 8.89. The molecule has 0 radical (unpaired) electrons. The number of nitrogens with one attached hydrogen (secondary N) is 5. The van der Waals surface area contributed by atoms with Crippen LogP contribution in [0.4, 0.5) is 14.4 Å². The molecule has 0 spiro atoms. The Labute approximate surface area is 489 Å². The molecule has 5 rings (SSSR count). The van der Waals surface area contributed by atoms with Gasteiger partial charge in [0.2, 0.25) is 23.6 Å². The number of carbonyl (C=O) groups is 8. The van der Waals surface area contributed by atoms with Crippen LogP contribution in [0.2, 0.25) is 0 Å². The third kappa shape index (κ3) is 23.1. The highest BCUT2D eigenvalue weighted by molar-refractivity contribution is 5.95. The number of carbonyl (C=O) groups excluding carboxylic acids is 8. The summed E-state index contributed by atoms with van der Waals surface area (Å²) in [5, 5.41) is 14.2. The summed E-state index contributed by atoms with van der Waals surface area (Å²) >= 11 is 0. The minimum Gasteiger partial charge on any atom is -0.459 e. The van der Waals surface area contributed by atoms with E-state index in [9.17, 15) is 38.4 Å². The molecule has 19 heteroatoms. The zero-order valence-corrected chi connectivity index (χ0v) is 49.8. The van der Waals surface area contributed by atoms with Crippen LogP contribution in [-0.2, 0) is 62.6 Å². The molecule has 0 aromatic heterocycles. The van der Waals surface area contributed by atoms with Gasteiger partial charge in [-0.15, -0.1) is 0 Å². The molecule has 4 aromatic rings. The zero-order valence-electron chi connectivity index (χ0n) is 49.8. The fourth-order valence-electron chi connectivity index (χ4n) is 9.47. The maximum atomic E-state index is 14.8. The SMILES string of the molecule is CCC(CN(CC(=O)N[C@H](Cc1ccccc1)C(=O)N[C@H](CC(C)C)C(=O)N[C@H](CCCCNC(=O)OC(C)(C)C)C(=O)N1CCC(NC(=O)OCc2ccccc2)(C(=O)OCc2ccccc2)CC1)C(=O)OC(C)(C)C)c1ccccc1. The number of hydrogen-bond acceptors (Lipinski definition) is 12. The zero-order chi connectivity index (χ0) is 60.6. The second-order valence-corrected chi connectivity index (χ2v) is 23.5. The third-order valence-corrected chi connectivity index (χ3v) is 13.8. The van der Waals surface area contributed by atoms with Crippen molar-refractivity contribution in [1.82, 2.24) is 36.4 Å². The van der Waals surface area contributed by atoms with Crippen LogP contribution in [0.1, 0.15) is 135 Å². The predicted molar refractivity (Wildman–Crippen MR) is 315 cm³/mol. The molecule has 0 bridgehead atoms. The van der Waals surface area contributed by atoms with Crippen LogP contribution in [0, 0.1) is 5.92 Å². The Hall–Kier alpha value is -7.96. The van der Waals surface area contributed by atoms with Gasteiger partial charge in [0, 0.05) is 38.5 Å². The summed E-state index contributed by atoms with van der Waals surface area (Å²) in [6.45, 7) is 16.1. The van der Waals surface area contributed by atoms with E-state index in [-0.39, 0.29) is 83.3 Å². The van der Waals surface area contributed by atoms with Crippen molar-refractivity contribution in [3.8, 4) is 0 Å². The lowest BCUT2D eigenvalue weighted by molar-refractivity contribution is -0.157. The molecule has 450 valence electrons. The van der Waals surface area contributed by atoms with Gasteiger partial charge in [-0.1, -0.05) is 142 Å². The smallest absolute Gasteiger partial charge is 0.410 e. The number of esters is 1. The monoisotopic (exact) mass is 1150 g/mol. The van der Waals surface area contributed by atoms with Crippen molar-refractivity contribution in [2.24, 2.45) is 5.92 Å². The summed E-state index contributed by atoms with van der Waals surface area (Å²) in [5.74, 6) is -3.37. The Balaban J connectivity index is 1.37. The lowest BCUT2D eigenvalue weighted by Crippen LogP contribution is -2.63. The van der Waals surface area contributed by atoms with Crippen molar-refractivity contribution < 1.29 is 57.3 Å². The van der Waals surface area contributed by atoms with E-state index in [1.165, 1.54) is 9.80 Å². The first-order valence-electron chi connectivity index (χ1n) is 28.8. The molecule has 0 saturated carbocycles. The average Bonchev–Trinajstić information content (AvgIpc) is 3.56. The van der Waals surface area contributed by atoms with E-state index in [0.29, 0.717) is 19.3 Å². The van der Waals surface area contributed by atoms with E-state index in [4.69, 9.17) is 18.9 Å². The number of unbranched alkanes of at least 4 members (excludes halogenated alkanes) is 1. The van der Waals surface area contributed by atoms with Crippen LogP contribution in [0.5, 0.6) is 0 Å². The molecule has 1 aliphatic rings. The number of hydrogen-bond donors (Lipinski definition) is 5. The molecule has 4 atom stereocenters. The van der Waals surface area contributed by atoms with E-state index >= 15 is 0 Å². The number of nitrogens with zero attached hydrogens (tertiary/aromatic N) is 2. The third-order valence-electron chi connectivity index (χ3n) is 13.8. The van der Waals surface area contributed by atoms with Crippen molar-refractivity contribution in [3.63, 3.8) is 0 Å². The Kier molecular flexibility index (Phi) is 25.4. The maximum Gasteiger partial charge on any atom is 0.410 e. The van der Waals surface area contributed by atoms with E-state index in [1.54, 1.807) is 53.7 Å². The second kappa shape index (κ2) is 32.0. The number of alkyl carbamates (subject to hydrolysis) is 2. The number of amides is 7. The molecular weight excluding hydrogens is 1060 g/mol. The molecule has 1 aliphatic heterocycles. The highest BCUT2D eigenvalue weighted by Gasteiger charge is 2.46. The summed E-state index contributed by atoms with van der Waals surface area (Å²) in [6, 6.07) is 33.4. The first-order valence-corrected chi connectivity index (χ1v) is 28.8. The quantitative estimate of drug-likeness (QED) is 0.0214. The molecule has 1 fully saturated rings. The summed E-state index contributed by atoms with van der Waals surface area (Å²) in [5.41, 5.74) is 0.0374. The van der Waals surface area contributed by atoms with Gasteiger partial charge in [0.05, 0.1) is 0 Å². The van der Waals surface area contributed by atoms with Crippen LogP contribution in [0.15, 0.2) is 121 Å². The highest BCUT2D eigenvalue weighted by atomic mass is 16.6. The summed E-state index contributed by atoms with van der Waals surface area (Å²) in [6.07, 6.45) is -0.474. The minimum absolute atomic E-state index is 0.0193. The van der Waals surface area contributed by atoms with Crippen LogP contribution >= 0.6 is 0 Å². The summed E-state index contributed by atoms with van der Waals surface area (Å²) in [7, 11) is 0. The van der Waals surface area contributed by atoms with Crippen molar-refractivity contribution in [2.75, 3.05) is 32.7 Å². The van der Waals surface area contributed by atoms with Gasteiger partial charge in [0.15, 0.2) is 0 Å². The van der Waals surface area contributed by atoms with Crippen molar-refractivity contribution in [1.29, 1.82) is 0 Å². The number of benzene rings is 4. The van der Waals surface area contributed by atoms with Gasteiger partial charge < -0.3 is 50.4 Å². The van der Waals surface area contributed by atoms with E-state index in [1.807, 2.05) is 130 Å². The van der Waals surface area contributed by atoms with Crippen LogP contribution in [-0.4, -0.2) is 125 Å². The molecule has 83 heavy (non-hydrogen) atoms. The van der Waals surface area contributed by atoms with Gasteiger partial charge in [-0.25, -0.2) is 19.2 Å². The molecule has 1 unspecified atom stereocenters. The van der Waals surface area contributed by atoms with Gasteiger partial charge in [0.1, 0.15) is 54.6 Å². The van der Waals surface area contributed by atoms with Gasteiger partial charge in [0.25, 0.3) is 0 Å². The van der Waals surface area contributed by atoms with E-state index in [2.05, 4.69) is 26.6 Å². The van der Waals surface area contributed by atoms with E-state index < -0.39 is 89.3 Å². The minimum atomic E-state index is -1.57. The fraction of sp³-hybridized carbons (Fsp3) is 0.500. The molecule has 0 aliphatic carbocycles. The number of ether oxygens (including phenoxy) is 4. The standard InChI is InChI=1S/C64H87N7O12/c1-10-49(50-31-21-14-22-32-50)41-71(61(79)83-63(7,8)9)42-54(72)66-53(40-46-25-15-11-16-26-46)56(74)68-52(39-45(2)3)55(73)67-51(33-23-24-36-65-59(77)82-62(4,5)6)57(75)70-37-34-64(35-38-70,58(76)80-43-47-27-17-12-18-28-47)69-60(78)81-44-48-29-19-13-20-30-48/h11-22,25-32,45,49,51-53H,10,23-24,33-44H2,1-9H3,(H,65,77)(H,66,72)(H,67,73)(H,68,74)(H,69,78)/t49?,51-,52-,53-/m1/s1. The van der Waals surface area contributed by atoms with Crippen molar-refractivity contribution >= 4 is 47.9 Å². The van der Waals surface area contributed by atoms with Crippen LogP contribution in [0.25, 0.3) is 0 Å². The average molecular weight is 1150 g/mol. The molecule has 4 aromatic carbocycles. The van der Waals surface area contributed by atoms with Crippen molar-refractivity contribution in [2.45, 2.75) is 168 Å². The summed E-state index contributed by atoms with van der Waals surface area (Å²) in [4.78, 5) is 115. The van der Waals surface area contributed by atoms with Gasteiger partial charge in [-0.3, -0.25) is 24.1 Å². The fourth-order valence-corrected chi connectivity index (χ4v) is 9.47. The Morgan fingerprint density at radius 3 is 1.67 bits per heavy atom. The Morgan fingerprint density at radius 2 is 1.13 bits per heavy atom. The number of likely N-dealkylation sites (tertiary alicyclic amines) is 1. The van der Waals surface area contributed by atoms with Gasteiger partial charge in [-0.2, -0.15) is 0 Å². The largest absolute Gasteiger partial charge is 0.459 e. The van der Waals surface area contributed by atoms with Crippen molar-refractivity contribution in [3.05, 3.63) is 144 Å². The second-order valence-electron chi connectivity index (χ2n) is 23.5. The topological polar surface area (TPSA) is 240 Å². The first-order chi connectivity index (χ1) is 39.4. The lowest BCUT2D eigenvalue weighted by atomic mass is 9.87. The summed E-state index contributed by atoms with van der Waals surface area (Å²) < 4.78 is 22.5. The molecular formula is C64H87N7O12. The first kappa shape index (κ1) is 65.8. The number of piperidine rings is 1. The molecule has 1 heterocycles. The van der Waals surface area contributed by atoms with Crippen LogP contribution < -0.4 is 26.6 Å². The molecule has 5 N–H and O–H groups in total. The maximum absolute atomic E-state index is 14.8. The highest BCUT2D eigenvalue weighted by Crippen LogP contribution is 2.27. The lowest BCUT2D eigenvalue weighted by Gasteiger charge is -2.41. The number of rotatable bonds is 27. The Bertz CT molecular complexity index is 2710. The van der Waals surface area contributed by atoms with E-state index in [0.717, 1.165) is 22.3 Å². The molecule has 19 nitrogen and oxygen atoms in total. The Morgan fingerprint density at radius 1 is 0.614 bits per heavy atom.